The van der Waals surface area contributed by atoms with Crippen LogP contribution in [0.4, 0.5) is 0 Å². The molecular formula is C21H42O2P+. The number of rotatable bonds is 17. The van der Waals surface area contributed by atoms with Gasteiger partial charge in [0.25, 0.3) is 7.34 Å². The predicted molar refractivity (Wildman–Crippen MR) is 109 cm³/mol. The highest BCUT2D eigenvalue weighted by Crippen LogP contribution is 2.45. The van der Waals surface area contributed by atoms with Crippen molar-refractivity contribution in [1.29, 1.82) is 0 Å². The molecule has 3 heteroatoms. The average Bonchev–Trinajstić information content (AvgIpc) is 3.26. The van der Waals surface area contributed by atoms with Crippen LogP contribution in [0.5, 0.6) is 0 Å². The molecule has 1 N–H and O–H groups in total. The lowest BCUT2D eigenvalue weighted by atomic mass is 10.0. The maximum Gasteiger partial charge on any atom is 0.292 e. The third-order valence-electron chi connectivity index (χ3n) is 5.30. The Morgan fingerprint density at radius 2 is 1.33 bits per heavy atom. The first kappa shape index (κ1) is 22.1. The third-order valence-corrected chi connectivity index (χ3v) is 5.96. The summed E-state index contributed by atoms with van der Waals surface area (Å²) >= 11 is 0. The summed E-state index contributed by atoms with van der Waals surface area (Å²) in [5, 5.41) is 0. The highest BCUT2D eigenvalue weighted by Gasteiger charge is 2.34. The van der Waals surface area contributed by atoms with E-state index < -0.39 is 7.34 Å². The molecule has 0 aromatic carbocycles. The zero-order chi connectivity index (χ0) is 17.7. The highest BCUT2D eigenvalue weighted by atomic mass is 31.2. The van der Waals surface area contributed by atoms with Gasteiger partial charge in [-0.2, -0.15) is 0 Å². The van der Waals surface area contributed by atoms with Crippen molar-refractivity contribution < 1.29 is 9.42 Å². The van der Waals surface area contributed by atoms with E-state index in [2.05, 4.69) is 19.9 Å². The zero-order valence-electron chi connectivity index (χ0n) is 16.2. The van der Waals surface area contributed by atoms with Crippen LogP contribution in [0.1, 0.15) is 103 Å². The van der Waals surface area contributed by atoms with Crippen molar-refractivity contribution >= 4 is 13.6 Å². The van der Waals surface area contributed by atoms with Crippen LogP contribution in [0, 0.1) is 18.5 Å². The van der Waals surface area contributed by atoms with Crippen molar-refractivity contribution in [2.24, 2.45) is 11.8 Å². The van der Waals surface area contributed by atoms with Crippen molar-refractivity contribution in [3.8, 4) is 0 Å². The summed E-state index contributed by atoms with van der Waals surface area (Å²) in [6.07, 6.45) is 24.3. The van der Waals surface area contributed by atoms with Gasteiger partial charge < -0.3 is 9.42 Å². The fraction of sp³-hybridized carbons (Fsp3) is 0.905. The van der Waals surface area contributed by atoms with Crippen LogP contribution >= 0.6 is 7.34 Å². The summed E-state index contributed by atoms with van der Waals surface area (Å²) in [7, 11) is -2.51. The van der Waals surface area contributed by atoms with Gasteiger partial charge in [0.05, 0.1) is 6.61 Å². The Morgan fingerprint density at radius 1 is 0.875 bits per heavy atom. The molecule has 0 spiro atoms. The smallest absolute Gasteiger partial charge is 0.292 e. The van der Waals surface area contributed by atoms with Gasteiger partial charge in [-0.05, 0) is 31.0 Å². The molecule has 1 saturated carbocycles. The molecule has 0 aromatic rings. The minimum absolute atomic E-state index is 0.611. The Morgan fingerprint density at radius 3 is 1.83 bits per heavy atom. The summed E-state index contributed by atoms with van der Waals surface area (Å²) in [4.78, 5) is 9.34. The Kier molecular flexibility index (Phi) is 12.3. The molecule has 0 aromatic heterocycles. The first-order valence-corrected chi connectivity index (χ1v) is 12.5. The Labute approximate surface area is 151 Å². The average molecular weight is 358 g/mol. The van der Waals surface area contributed by atoms with Gasteiger partial charge in [-0.15, -0.1) is 0 Å². The number of hydrogen-bond acceptors (Lipinski definition) is 2. The molecule has 0 saturated heterocycles. The van der Waals surface area contributed by atoms with Gasteiger partial charge in [0, 0.05) is 0 Å². The lowest BCUT2D eigenvalue weighted by molar-refractivity contribution is 0.300. The van der Waals surface area contributed by atoms with Gasteiger partial charge >= 0.3 is 0 Å². The predicted octanol–water partition coefficient (Wildman–Crippen LogP) is 7.18. The molecule has 3 unspecified atom stereocenters. The van der Waals surface area contributed by atoms with E-state index in [9.17, 15) is 4.89 Å². The fourth-order valence-electron chi connectivity index (χ4n) is 3.65. The highest BCUT2D eigenvalue weighted by molar-refractivity contribution is 7.64. The first-order valence-electron chi connectivity index (χ1n) is 10.5. The quantitative estimate of drug-likeness (QED) is 0.170. The Hall–Kier alpha value is 0.0900. The summed E-state index contributed by atoms with van der Waals surface area (Å²) in [5.41, 5.74) is 0. The number of hydrogen-bond donors (Lipinski definition) is 1. The minimum atomic E-state index is -2.51. The molecular weight excluding hydrogens is 315 g/mol. The van der Waals surface area contributed by atoms with Crippen LogP contribution in [-0.2, 0) is 4.52 Å². The van der Waals surface area contributed by atoms with Crippen LogP contribution < -0.4 is 0 Å². The van der Waals surface area contributed by atoms with Crippen molar-refractivity contribution in [1.82, 2.24) is 0 Å². The molecule has 0 bridgehead atoms. The van der Waals surface area contributed by atoms with Crippen LogP contribution in [0.15, 0.2) is 0 Å². The van der Waals surface area contributed by atoms with Crippen molar-refractivity contribution in [3.05, 3.63) is 6.66 Å². The molecule has 1 rings (SSSR count). The van der Waals surface area contributed by atoms with Gasteiger partial charge in [-0.25, -0.2) is 0 Å². The van der Waals surface area contributed by atoms with Crippen molar-refractivity contribution in [3.63, 3.8) is 0 Å². The zero-order valence-corrected chi connectivity index (χ0v) is 17.1. The lowest BCUT2D eigenvalue weighted by Crippen LogP contribution is -1.91. The molecule has 0 radical (unpaired) electrons. The molecule has 142 valence electrons. The van der Waals surface area contributed by atoms with Crippen LogP contribution in [0.2, 0.25) is 0 Å². The molecule has 2 nitrogen and oxygen atoms in total. The molecule has 0 amide bonds. The first-order chi connectivity index (χ1) is 11.5. The van der Waals surface area contributed by atoms with Gasteiger partial charge in [0.15, 0.2) is 0 Å². The van der Waals surface area contributed by atoms with E-state index in [4.69, 9.17) is 4.52 Å². The molecule has 3 atom stereocenters. The molecule has 0 aliphatic heterocycles. The SMILES string of the molecule is C=P([CH2+])(O)OCCCCCCCCC1CC1CCCCCCCC. The van der Waals surface area contributed by atoms with Crippen LogP contribution in [-0.4, -0.2) is 17.8 Å². The molecule has 1 aliphatic carbocycles. The summed E-state index contributed by atoms with van der Waals surface area (Å²) < 4.78 is 5.21. The monoisotopic (exact) mass is 357 g/mol. The van der Waals surface area contributed by atoms with Gasteiger partial charge in [0.2, 0.25) is 0 Å². The minimum Gasteiger partial charge on any atom is -0.319 e. The van der Waals surface area contributed by atoms with E-state index in [1.165, 1.54) is 89.9 Å². The van der Waals surface area contributed by atoms with E-state index in [-0.39, 0.29) is 0 Å². The molecule has 1 aliphatic rings. The van der Waals surface area contributed by atoms with E-state index in [0.29, 0.717) is 6.61 Å². The maximum absolute atomic E-state index is 9.34. The topological polar surface area (TPSA) is 29.5 Å². The Bertz CT molecular complexity index is 337. The fourth-order valence-corrected chi connectivity index (χ4v) is 4.12. The molecule has 0 heterocycles. The van der Waals surface area contributed by atoms with Gasteiger partial charge in [-0.1, -0.05) is 90.4 Å². The van der Waals surface area contributed by atoms with Gasteiger partial charge in [0.1, 0.15) is 6.66 Å². The van der Waals surface area contributed by atoms with Crippen LogP contribution in [0.3, 0.4) is 0 Å². The second-order valence-electron chi connectivity index (χ2n) is 7.90. The van der Waals surface area contributed by atoms with Crippen molar-refractivity contribution in [2.45, 2.75) is 103 Å². The standard InChI is InChI=1S/C21H42O2P/c1-4-5-6-7-10-13-16-20-19-21(20)17-14-11-8-9-12-15-18-23-24(2,3)22/h20-22H,2-19H2,1H3/q+1. The third kappa shape index (κ3) is 13.4. The second kappa shape index (κ2) is 13.3. The lowest BCUT2D eigenvalue weighted by Gasteiger charge is -2.06. The van der Waals surface area contributed by atoms with E-state index in [1.807, 2.05) is 0 Å². The summed E-state index contributed by atoms with van der Waals surface area (Å²) in [5.74, 6) is 2.16. The largest absolute Gasteiger partial charge is 0.319 e. The normalized spacial score (nSPS) is 22.4. The van der Waals surface area contributed by atoms with Crippen LogP contribution in [0.25, 0.3) is 0 Å². The summed E-state index contributed by atoms with van der Waals surface area (Å²) in [6, 6.07) is 0. The van der Waals surface area contributed by atoms with Crippen molar-refractivity contribution in [2.75, 3.05) is 6.61 Å². The number of unbranched alkanes of at least 4 members (excludes halogenated alkanes) is 10. The van der Waals surface area contributed by atoms with E-state index >= 15 is 0 Å². The second-order valence-corrected chi connectivity index (χ2v) is 9.85. The van der Waals surface area contributed by atoms with Gasteiger partial charge in [-0.3, -0.25) is 0 Å². The molecule has 24 heavy (non-hydrogen) atoms. The molecule has 1 fully saturated rings. The maximum atomic E-state index is 9.34. The van der Waals surface area contributed by atoms with E-state index in [0.717, 1.165) is 18.3 Å². The van der Waals surface area contributed by atoms with E-state index in [1.54, 1.807) is 0 Å². The Balaban J connectivity index is 1.76. The summed E-state index contributed by atoms with van der Waals surface area (Å²) in [6.45, 7) is 6.43.